The van der Waals surface area contributed by atoms with Crippen molar-refractivity contribution in [2.24, 2.45) is 10.9 Å². The number of benzodiazepines with no additional fused rings is 1. The van der Waals surface area contributed by atoms with Gasteiger partial charge in [0.2, 0.25) is 6.17 Å². The van der Waals surface area contributed by atoms with Crippen molar-refractivity contribution in [3.05, 3.63) is 29.8 Å². The van der Waals surface area contributed by atoms with E-state index in [4.69, 9.17) is 4.74 Å². The first-order valence-corrected chi connectivity index (χ1v) is 9.31. The van der Waals surface area contributed by atoms with Gasteiger partial charge in [-0.15, -0.1) is 0 Å². The van der Waals surface area contributed by atoms with Crippen LogP contribution in [0.25, 0.3) is 0 Å². The number of ether oxygens (including phenoxy) is 1. The van der Waals surface area contributed by atoms with E-state index in [0.29, 0.717) is 5.92 Å². The lowest BCUT2D eigenvalue weighted by atomic mass is 9.83. The molecule has 6 nitrogen and oxygen atoms in total. The zero-order chi connectivity index (χ0) is 18.7. The van der Waals surface area contributed by atoms with E-state index < -0.39 is 17.9 Å². The second-order valence-electron chi connectivity index (χ2n) is 7.93. The number of para-hydroxylation sites is 1. The highest BCUT2D eigenvalue weighted by Crippen LogP contribution is 2.31. The number of aliphatic imine (C=N–C) groups is 1. The SMILES string of the molecule is CC(C)(C)OC(=O)N[C@H]1N=C(C2CCCCC2)c2ccccc2NC1=O. The normalized spacial score (nSPS) is 21.1. The summed E-state index contributed by atoms with van der Waals surface area (Å²) in [6, 6.07) is 7.70. The Balaban J connectivity index is 1.90. The molecule has 6 heteroatoms. The molecule has 1 aromatic carbocycles. The molecule has 0 bridgehead atoms. The van der Waals surface area contributed by atoms with Crippen LogP contribution in [0.4, 0.5) is 10.5 Å². The van der Waals surface area contributed by atoms with E-state index in [2.05, 4.69) is 15.6 Å². The van der Waals surface area contributed by atoms with Gasteiger partial charge in [0.15, 0.2) is 0 Å². The van der Waals surface area contributed by atoms with Crippen molar-refractivity contribution in [3.8, 4) is 0 Å². The Hall–Kier alpha value is -2.37. The second-order valence-corrected chi connectivity index (χ2v) is 7.93. The Morgan fingerprint density at radius 2 is 1.88 bits per heavy atom. The van der Waals surface area contributed by atoms with E-state index in [0.717, 1.165) is 42.6 Å². The van der Waals surface area contributed by atoms with Gasteiger partial charge in [-0.05, 0) is 39.7 Å². The van der Waals surface area contributed by atoms with Gasteiger partial charge in [0.25, 0.3) is 5.91 Å². The minimum absolute atomic E-state index is 0.306. The first-order valence-electron chi connectivity index (χ1n) is 9.31. The molecule has 140 valence electrons. The number of nitrogens with zero attached hydrogens (tertiary/aromatic N) is 1. The number of hydrogen-bond acceptors (Lipinski definition) is 4. The van der Waals surface area contributed by atoms with Crippen LogP contribution in [0, 0.1) is 5.92 Å². The molecule has 0 saturated heterocycles. The molecule has 0 spiro atoms. The summed E-state index contributed by atoms with van der Waals surface area (Å²) in [7, 11) is 0. The van der Waals surface area contributed by atoms with Crippen LogP contribution in [0.15, 0.2) is 29.3 Å². The maximum Gasteiger partial charge on any atom is 0.409 e. The molecule has 2 aliphatic rings. The van der Waals surface area contributed by atoms with Crippen LogP contribution in [0.5, 0.6) is 0 Å². The van der Waals surface area contributed by atoms with Gasteiger partial charge >= 0.3 is 6.09 Å². The highest BCUT2D eigenvalue weighted by molar-refractivity contribution is 6.13. The molecule has 1 aliphatic heterocycles. The predicted octanol–water partition coefficient (Wildman–Crippen LogP) is 3.86. The average molecular weight is 357 g/mol. The highest BCUT2D eigenvalue weighted by Gasteiger charge is 2.31. The maximum absolute atomic E-state index is 12.6. The largest absolute Gasteiger partial charge is 0.444 e. The van der Waals surface area contributed by atoms with Gasteiger partial charge in [0, 0.05) is 17.2 Å². The maximum atomic E-state index is 12.6. The minimum Gasteiger partial charge on any atom is -0.444 e. The molecule has 2 amide bonds. The molecule has 1 atom stereocenters. The third-order valence-corrected chi connectivity index (χ3v) is 4.62. The van der Waals surface area contributed by atoms with E-state index in [9.17, 15) is 9.59 Å². The van der Waals surface area contributed by atoms with E-state index >= 15 is 0 Å². The van der Waals surface area contributed by atoms with Crippen LogP contribution in [-0.4, -0.2) is 29.5 Å². The van der Waals surface area contributed by atoms with Crippen molar-refractivity contribution in [1.29, 1.82) is 0 Å². The van der Waals surface area contributed by atoms with Crippen LogP contribution in [-0.2, 0) is 9.53 Å². The lowest BCUT2D eigenvalue weighted by Crippen LogP contribution is -2.44. The highest BCUT2D eigenvalue weighted by atomic mass is 16.6. The van der Waals surface area contributed by atoms with Crippen LogP contribution < -0.4 is 10.6 Å². The van der Waals surface area contributed by atoms with E-state index in [1.165, 1.54) is 6.42 Å². The van der Waals surface area contributed by atoms with E-state index in [-0.39, 0.29) is 5.91 Å². The van der Waals surface area contributed by atoms with Crippen molar-refractivity contribution in [1.82, 2.24) is 5.32 Å². The van der Waals surface area contributed by atoms with Gasteiger partial charge in [-0.25, -0.2) is 4.79 Å². The number of alkyl carbamates (subject to hydrolysis) is 1. The molecule has 3 rings (SSSR count). The van der Waals surface area contributed by atoms with Gasteiger partial charge in [0.1, 0.15) is 5.60 Å². The van der Waals surface area contributed by atoms with Crippen molar-refractivity contribution >= 4 is 23.4 Å². The molecular formula is C20H27N3O3. The second kappa shape index (κ2) is 7.48. The van der Waals surface area contributed by atoms with E-state index in [1.54, 1.807) is 20.8 Å². The molecule has 1 heterocycles. The fourth-order valence-corrected chi connectivity index (χ4v) is 3.50. The number of anilines is 1. The van der Waals surface area contributed by atoms with Crippen molar-refractivity contribution in [2.75, 3.05) is 5.32 Å². The zero-order valence-corrected chi connectivity index (χ0v) is 15.7. The number of hydrogen-bond donors (Lipinski definition) is 2. The molecule has 1 aliphatic carbocycles. The Kier molecular flexibility index (Phi) is 5.30. The summed E-state index contributed by atoms with van der Waals surface area (Å²) < 4.78 is 5.29. The van der Waals surface area contributed by atoms with Crippen LogP contribution in [0.2, 0.25) is 0 Å². The number of benzene rings is 1. The van der Waals surface area contributed by atoms with Gasteiger partial charge in [-0.3, -0.25) is 15.1 Å². The summed E-state index contributed by atoms with van der Waals surface area (Å²) in [5.74, 6) is -0.0466. The number of rotatable bonds is 2. The predicted molar refractivity (Wildman–Crippen MR) is 101 cm³/mol. The third kappa shape index (κ3) is 4.42. The number of carbonyl (C=O) groups is 2. The molecule has 0 aromatic heterocycles. The van der Waals surface area contributed by atoms with Crippen molar-refractivity contribution < 1.29 is 14.3 Å². The number of fused-ring (bicyclic) bond motifs is 1. The summed E-state index contributed by atoms with van der Waals surface area (Å²) in [6.45, 7) is 5.35. The fraction of sp³-hybridized carbons (Fsp3) is 0.550. The molecule has 1 aromatic rings. The van der Waals surface area contributed by atoms with Gasteiger partial charge in [-0.2, -0.15) is 0 Å². The average Bonchev–Trinajstić information content (AvgIpc) is 2.71. The third-order valence-electron chi connectivity index (χ3n) is 4.62. The molecule has 2 N–H and O–H groups in total. The lowest BCUT2D eigenvalue weighted by Gasteiger charge is -2.25. The van der Waals surface area contributed by atoms with Crippen LogP contribution in [0.1, 0.15) is 58.4 Å². The monoisotopic (exact) mass is 357 g/mol. The molecule has 0 unspecified atom stereocenters. The lowest BCUT2D eigenvalue weighted by molar-refractivity contribution is -0.118. The standard InChI is InChI=1S/C20H27N3O3/c1-20(2,3)26-19(25)23-17-18(24)21-15-12-8-7-11-14(15)16(22-17)13-9-5-4-6-10-13/h7-8,11-13,17H,4-6,9-10H2,1-3H3,(H,21,24)(H,23,25)/t17-/m1/s1. The van der Waals surface area contributed by atoms with Gasteiger partial charge in [0.05, 0.1) is 5.71 Å². The Morgan fingerprint density at radius 1 is 1.19 bits per heavy atom. The van der Waals surface area contributed by atoms with Gasteiger partial charge < -0.3 is 10.1 Å². The van der Waals surface area contributed by atoms with Crippen molar-refractivity contribution in [2.45, 2.75) is 64.6 Å². The first-order chi connectivity index (χ1) is 12.3. The summed E-state index contributed by atoms with van der Waals surface area (Å²) >= 11 is 0. The first kappa shape index (κ1) is 18.4. The zero-order valence-electron chi connectivity index (χ0n) is 15.7. The molecule has 1 fully saturated rings. The summed E-state index contributed by atoms with van der Waals surface area (Å²) in [6.07, 6.45) is 4.04. The smallest absolute Gasteiger partial charge is 0.409 e. The molecule has 26 heavy (non-hydrogen) atoms. The fourth-order valence-electron chi connectivity index (χ4n) is 3.50. The summed E-state index contributed by atoms with van der Waals surface area (Å²) in [5, 5.41) is 5.49. The summed E-state index contributed by atoms with van der Waals surface area (Å²) in [4.78, 5) is 29.5. The quantitative estimate of drug-likeness (QED) is 0.843. The van der Waals surface area contributed by atoms with E-state index in [1.807, 2.05) is 24.3 Å². The Morgan fingerprint density at radius 3 is 2.58 bits per heavy atom. The Bertz CT molecular complexity index is 715. The topological polar surface area (TPSA) is 79.8 Å². The van der Waals surface area contributed by atoms with Crippen LogP contribution >= 0.6 is 0 Å². The van der Waals surface area contributed by atoms with Crippen molar-refractivity contribution in [3.63, 3.8) is 0 Å². The minimum atomic E-state index is -0.992. The van der Waals surface area contributed by atoms with Gasteiger partial charge in [-0.1, -0.05) is 37.5 Å². The Labute approximate surface area is 154 Å². The summed E-state index contributed by atoms with van der Waals surface area (Å²) in [5.41, 5.74) is 1.96. The van der Waals surface area contributed by atoms with Crippen LogP contribution in [0.3, 0.4) is 0 Å². The number of carbonyl (C=O) groups excluding carboxylic acids is 2. The molecule has 0 radical (unpaired) electrons. The molecular weight excluding hydrogens is 330 g/mol. The molecule has 1 saturated carbocycles. The number of amides is 2. The number of nitrogens with one attached hydrogen (secondary N) is 2.